The summed E-state index contributed by atoms with van der Waals surface area (Å²) >= 11 is 0. The fourth-order valence-electron chi connectivity index (χ4n) is 1.25. The van der Waals surface area contributed by atoms with Crippen LogP contribution in [0.3, 0.4) is 0 Å². The molecule has 1 aromatic heterocycles. The lowest BCUT2D eigenvalue weighted by Gasteiger charge is -2.15. The first-order valence-corrected chi connectivity index (χ1v) is 4.56. The Morgan fingerprint density at radius 2 is 2.15 bits per heavy atom. The number of hydrogen-bond acceptors (Lipinski definition) is 3. The van der Waals surface area contributed by atoms with E-state index in [1.54, 1.807) is 0 Å². The number of aliphatic hydroxyl groups excluding tert-OH is 1. The fourth-order valence-corrected chi connectivity index (χ4v) is 1.25. The average Bonchev–Trinajstić information content (AvgIpc) is 2.51. The topological polar surface area (TPSA) is 45.4 Å². The Kier molecular flexibility index (Phi) is 3.51. The molecule has 3 heteroatoms. The second kappa shape index (κ2) is 4.44. The minimum Gasteiger partial charge on any atom is -0.465 e. The van der Waals surface area contributed by atoms with Crippen molar-refractivity contribution < 1.29 is 9.52 Å². The number of aliphatic hydroxyl groups is 1. The molecule has 2 N–H and O–H groups in total. The molecule has 0 unspecified atom stereocenters. The molecule has 0 saturated heterocycles. The highest BCUT2D eigenvalue weighted by Crippen LogP contribution is 2.15. The fraction of sp³-hybridized carbons (Fsp3) is 0.600. The Balaban J connectivity index is 2.53. The van der Waals surface area contributed by atoms with E-state index in [9.17, 15) is 0 Å². The zero-order valence-corrected chi connectivity index (χ0v) is 8.37. The third-order valence-corrected chi connectivity index (χ3v) is 2.00. The van der Waals surface area contributed by atoms with Crippen LogP contribution >= 0.6 is 0 Å². The van der Waals surface area contributed by atoms with Crippen LogP contribution in [0.1, 0.15) is 31.4 Å². The summed E-state index contributed by atoms with van der Waals surface area (Å²) in [4.78, 5) is 0. The molecule has 74 valence electrons. The van der Waals surface area contributed by atoms with E-state index in [0.717, 1.165) is 11.5 Å². The first-order valence-electron chi connectivity index (χ1n) is 4.56. The van der Waals surface area contributed by atoms with Crippen LogP contribution < -0.4 is 5.32 Å². The van der Waals surface area contributed by atoms with Crippen LogP contribution in [0.2, 0.25) is 0 Å². The van der Waals surface area contributed by atoms with E-state index >= 15 is 0 Å². The maximum Gasteiger partial charge on any atom is 0.120 e. The Morgan fingerprint density at radius 1 is 1.46 bits per heavy atom. The number of furan rings is 1. The van der Waals surface area contributed by atoms with E-state index in [1.807, 2.05) is 32.9 Å². The Labute approximate surface area is 78.8 Å². The summed E-state index contributed by atoms with van der Waals surface area (Å²) < 4.78 is 5.45. The second-order valence-electron chi connectivity index (χ2n) is 3.42. The van der Waals surface area contributed by atoms with Gasteiger partial charge in [0, 0.05) is 6.04 Å². The van der Waals surface area contributed by atoms with E-state index in [-0.39, 0.29) is 18.7 Å². The summed E-state index contributed by atoms with van der Waals surface area (Å²) in [5, 5.41) is 12.1. The van der Waals surface area contributed by atoms with Gasteiger partial charge in [0.25, 0.3) is 0 Å². The smallest absolute Gasteiger partial charge is 0.120 e. The molecule has 0 bridgehead atoms. The van der Waals surface area contributed by atoms with Gasteiger partial charge in [-0.05, 0) is 32.9 Å². The minimum absolute atomic E-state index is 0.0976. The van der Waals surface area contributed by atoms with Gasteiger partial charge in [-0.1, -0.05) is 0 Å². The monoisotopic (exact) mass is 183 g/mol. The van der Waals surface area contributed by atoms with Gasteiger partial charge in [-0.15, -0.1) is 0 Å². The number of hydrogen-bond donors (Lipinski definition) is 2. The van der Waals surface area contributed by atoms with Gasteiger partial charge in [0.05, 0.1) is 12.6 Å². The molecule has 0 amide bonds. The van der Waals surface area contributed by atoms with Gasteiger partial charge >= 0.3 is 0 Å². The van der Waals surface area contributed by atoms with Crippen molar-refractivity contribution in [1.82, 2.24) is 5.32 Å². The zero-order valence-electron chi connectivity index (χ0n) is 8.37. The normalized spacial score (nSPS) is 15.7. The summed E-state index contributed by atoms with van der Waals surface area (Å²) in [6.45, 7) is 6.02. The maximum absolute atomic E-state index is 8.84. The molecule has 3 nitrogen and oxygen atoms in total. The summed E-state index contributed by atoms with van der Waals surface area (Å²) in [5.74, 6) is 1.83. The molecule has 0 fully saturated rings. The molecule has 1 heterocycles. The van der Waals surface area contributed by atoms with E-state index in [0.29, 0.717) is 0 Å². The van der Waals surface area contributed by atoms with Crippen LogP contribution in [0.5, 0.6) is 0 Å². The average molecular weight is 183 g/mol. The van der Waals surface area contributed by atoms with Crippen molar-refractivity contribution in [2.24, 2.45) is 0 Å². The molecule has 0 aliphatic heterocycles. The molecule has 0 spiro atoms. The van der Waals surface area contributed by atoms with Gasteiger partial charge in [0.15, 0.2) is 0 Å². The molecule has 1 rings (SSSR count). The zero-order chi connectivity index (χ0) is 9.84. The largest absolute Gasteiger partial charge is 0.465 e. The standard InChI is InChI=1S/C10H17NO2/c1-7(6-12)11-9(3)10-5-4-8(2)13-10/h4-5,7,9,11-12H,6H2,1-3H3/t7-,9+/m1/s1. The second-order valence-corrected chi connectivity index (χ2v) is 3.42. The van der Waals surface area contributed by atoms with Crippen LogP contribution in [0.4, 0.5) is 0 Å². The lowest BCUT2D eigenvalue weighted by molar-refractivity contribution is 0.238. The maximum atomic E-state index is 8.84. The highest BCUT2D eigenvalue weighted by molar-refractivity contribution is 5.08. The van der Waals surface area contributed by atoms with Gasteiger partial charge in [-0.3, -0.25) is 0 Å². The van der Waals surface area contributed by atoms with Gasteiger partial charge in [0.1, 0.15) is 11.5 Å². The molecular formula is C10H17NO2. The summed E-state index contributed by atoms with van der Waals surface area (Å²) in [5.41, 5.74) is 0. The minimum atomic E-state index is 0.0976. The van der Waals surface area contributed by atoms with Crippen molar-refractivity contribution in [2.75, 3.05) is 6.61 Å². The Morgan fingerprint density at radius 3 is 2.62 bits per heavy atom. The highest BCUT2D eigenvalue weighted by Gasteiger charge is 2.11. The molecule has 1 aromatic rings. The van der Waals surface area contributed by atoms with Crippen LogP contribution in [-0.2, 0) is 0 Å². The molecule has 0 aromatic carbocycles. The van der Waals surface area contributed by atoms with Crippen molar-refractivity contribution in [3.8, 4) is 0 Å². The predicted octanol–water partition coefficient (Wildman–Crippen LogP) is 1.62. The SMILES string of the molecule is Cc1ccc([C@H](C)N[C@H](C)CO)o1. The van der Waals surface area contributed by atoms with Crippen molar-refractivity contribution in [2.45, 2.75) is 32.9 Å². The third kappa shape index (κ3) is 2.86. The molecule has 0 saturated carbocycles. The summed E-state index contributed by atoms with van der Waals surface area (Å²) in [7, 11) is 0. The van der Waals surface area contributed by atoms with Gasteiger partial charge < -0.3 is 14.8 Å². The van der Waals surface area contributed by atoms with E-state index < -0.39 is 0 Å². The van der Waals surface area contributed by atoms with Crippen molar-refractivity contribution >= 4 is 0 Å². The van der Waals surface area contributed by atoms with Crippen molar-refractivity contribution in [1.29, 1.82) is 0 Å². The number of rotatable bonds is 4. The molecule has 13 heavy (non-hydrogen) atoms. The number of nitrogens with one attached hydrogen (secondary N) is 1. The Hall–Kier alpha value is -0.800. The van der Waals surface area contributed by atoms with E-state index in [1.165, 1.54) is 0 Å². The molecule has 0 radical (unpaired) electrons. The highest BCUT2D eigenvalue weighted by atomic mass is 16.3. The lowest BCUT2D eigenvalue weighted by Crippen LogP contribution is -2.31. The van der Waals surface area contributed by atoms with Gasteiger partial charge in [0.2, 0.25) is 0 Å². The molecule has 2 atom stereocenters. The van der Waals surface area contributed by atoms with Crippen LogP contribution in [0.25, 0.3) is 0 Å². The van der Waals surface area contributed by atoms with Crippen LogP contribution in [0, 0.1) is 6.92 Å². The molecular weight excluding hydrogens is 166 g/mol. The number of aryl methyl sites for hydroxylation is 1. The van der Waals surface area contributed by atoms with Crippen LogP contribution in [-0.4, -0.2) is 17.8 Å². The lowest BCUT2D eigenvalue weighted by atomic mass is 10.2. The summed E-state index contributed by atoms with van der Waals surface area (Å²) in [6, 6.07) is 4.14. The first-order chi connectivity index (χ1) is 6.13. The first kappa shape index (κ1) is 10.3. The van der Waals surface area contributed by atoms with Gasteiger partial charge in [-0.2, -0.15) is 0 Å². The van der Waals surface area contributed by atoms with E-state index in [4.69, 9.17) is 9.52 Å². The van der Waals surface area contributed by atoms with Crippen molar-refractivity contribution in [3.05, 3.63) is 23.7 Å². The quantitative estimate of drug-likeness (QED) is 0.745. The Bertz CT molecular complexity index is 257. The van der Waals surface area contributed by atoms with Crippen molar-refractivity contribution in [3.63, 3.8) is 0 Å². The van der Waals surface area contributed by atoms with Crippen LogP contribution in [0.15, 0.2) is 16.5 Å². The van der Waals surface area contributed by atoms with E-state index in [2.05, 4.69) is 5.32 Å². The summed E-state index contributed by atoms with van der Waals surface area (Å²) in [6.07, 6.45) is 0. The predicted molar refractivity (Wildman–Crippen MR) is 51.5 cm³/mol. The van der Waals surface area contributed by atoms with Gasteiger partial charge in [-0.25, -0.2) is 0 Å². The third-order valence-electron chi connectivity index (χ3n) is 2.00. The molecule has 0 aliphatic carbocycles. The molecule has 0 aliphatic rings.